The molecule has 6 nitrogen and oxygen atoms in total. The van der Waals surface area contributed by atoms with Gasteiger partial charge in [-0.15, -0.1) is 0 Å². The minimum absolute atomic E-state index is 0.158. The topological polar surface area (TPSA) is 77.0 Å². The molecule has 0 bridgehead atoms. The number of hydrogen-bond donors (Lipinski definition) is 1. The van der Waals surface area contributed by atoms with Gasteiger partial charge in [0.25, 0.3) is 0 Å². The summed E-state index contributed by atoms with van der Waals surface area (Å²) in [5.41, 5.74) is 0.745. The number of nitrogens with one attached hydrogen (secondary N) is 1. The van der Waals surface area contributed by atoms with E-state index in [1.807, 2.05) is 26.1 Å². The maximum absolute atomic E-state index is 14.1. The lowest BCUT2D eigenvalue weighted by Gasteiger charge is -2.21. The van der Waals surface area contributed by atoms with E-state index in [-0.39, 0.29) is 29.0 Å². The van der Waals surface area contributed by atoms with Crippen LogP contribution in [0, 0.1) is 5.82 Å². The Balaban J connectivity index is 2.01. The summed E-state index contributed by atoms with van der Waals surface area (Å²) < 4.78 is 65.7. The third kappa shape index (κ3) is 6.46. The van der Waals surface area contributed by atoms with Crippen LogP contribution in [0.2, 0.25) is 0 Å². The highest BCUT2D eigenvalue weighted by Crippen LogP contribution is 2.27. The van der Waals surface area contributed by atoms with Gasteiger partial charge in [-0.1, -0.05) is 49.8 Å². The third-order valence-corrected chi connectivity index (χ3v) is 4.64. The summed E-state index contributed by atoms with van der Waals surface area (Å²) in [4.78, 5) is 11.8. The molecule has 0 aliphatic carbocycles. The van der Waals surface area contributed by atoms with Gasteiger partial charge in [0, 0.05) is 13.7 Å². The van der Waals surface area contributed by atoms with Crippen molar-refractivity contribution in [3.63, 3.8) is 0 Å². The number of nitrogens with zero attached hydrogens (tertiary/aromatic N) is 1. The molecule has 2 rings (SSSR count). The molecule has 0 aliphatic heterocycles. The van der Waals surface area contributed by atoms with E-state index in [1.165, 1.54) is 24.3 Å². The number of alkyl halides is 2. The summed E-state index contributed by atoms with van der Waals surface area (Å²) in [5, 5.41) is 2.00. The molecule has 10 heteroatoms. The number of hydrogen-bond acceptors (Lipinski definition) is 6. The van der Waals surface area contributed by atoms with Gasteiger partial charge < -0.3 is 22.8 Å². The Hall–Kier alpha value is -2.59. The van der Waals surface area contributed by atoms with E-state index in [9.17, 15) is 22.2 Å². The van der Waals surface area contributed by atoms with Crippen molar-refractivity contribution in [2.45, 2.75) is 38.8 Å². The van der Waals surface area contributed by atoms with Gasteiger partial charge >= 0.3 is 12.0 Å². The fourth-order valence-corrected chi connectivity index (χ4v) is 2.74. The second kappa shape index (κ2) is 9.48. The number of ether oxygens (including phenoxy) is 1. The molecule has 0 fully saturated rings. The van der Waals surface area contributed by atoms with E-state index in [4.69, 9.17) is 0 Å². The highest BCUT2D eigenvalue weighted by Gasteiger charge is 2.42. The highest BCUT2D eigenvalue weighted by atomic mass is 32.2. The van der Waals surface area contributed by atoms with Crippen LogP contribution in [0.4, 0.5) is 18.9 Å². The van der Waals surface area contributed by atoms with Crippen molar-refractivity contribution in [2.75, 3.05) is 7.11 Å². The molecule has 30 heavy (non-hydrogen) atoms. The molecule has 2 aromatic carbocycles. The van der Waals surface area contributed by atoms with Crippen molar-refractivity contribution in [3.8, 4) is 5.75 Å². The van der Waals surface area contributed by atoms with E-state index >= 15 is 0 Å². The molecule has 0 heterocycles. The summed E-state index contributed by atoms with van der Waals surface area (Å²) in [6.07, 6.45) is -4.12. The minimum Gasteiger partial charge on any atom is -0.441 e. The second-order valence-electron chi connectivity index (χ2n) is 7.34. The fraction of sp³-hybridized carbons (Fsp3) is 0.350. The molecule has 0 saturated heterocycles. The van der Waals surface area contributed by atoms with E-state index in [0.717, 1.165) is 18.7 Å². The number of halogens is 3. The summed E-state index contributed by atoms with van der Waals surface area (Å²) in [6, 6.07) is 9.55. The molecule has 0 saturated carbocycles. The zero-order chi connectivity index (χ0) is 22.5. The van der Waals surface area contributed by atoms with Crippen LogP contribution in [-0.4, -0.2) is 19.1 Å². The predicted molar refractivity (Wildman–Crippen MR) is 106 cm³/mol. The standard InChI is InChI=1S/C20H22F3N2O4S/c1-19(2,3)14-6-8-15(9-7-14)29-20(22,23)18(26)24-12-13-5-10-17(16(21)11-13)25-30(27)28-4/h5-11H,12H2,1-4H3,(H,24,26)/q-1. The van der Waals surface area contributed by atoms with Crippen LogP contribution in [0.15, 0.2) is 46.8 Å². The van der Waals surface area contributed by atoms with E-state index in [1.54, 1.807) is 12.1 Å². The Kier molecular flexibility index (Phi) is 7.49. The number of amides is 1. The number of benzene rings is 2. The van der Waals surface area contributed by atoms with E-state index in [2.05, 4.69) is 13.3 Å². The molecule has 1 N–H and O–H groups in total. The molecular formula is C20H22F3N2O4S-. The summed E-state index contributed by atoms with van der Waals surface area (Å²) in [7, 11) is -0.903. The van der Waals surface area contributed by atoms with Gasteiger partial charge in [0.05, 0.1) is 5.69 Å². The Morgan fingerprint density at radius 2 is 1.77 bits per heavy atom. The van der Waals surface area contributed by atoms with E-state index in [0.29, 0.717) is 0 Å². The van der Waals surface area contributed by atoms with Crippen LogP contribution in [0.25, 0.3) is 0 Å². The van der Waals surface area contributed by atoms with Crippen LogP contribution in [0.5, 0.6) is 5.75 Å². The molecule has 0 spiro atoms. The molecule has 0 unspecified atom stereocenters. The number of carbonyl (C=O) groups excluding carboxylic acids is 1. The molecule has 1 amide bonds. The highest BCUT2D eigenvalue weighted by molar-refractivity contribution is 7.69. The predicted octanol–water partition coefficient (Wildman–Crippen LogP) is 4.75. The van der Waals surface area contributed by atoms with Crippen LogP contribution in [0.1, 0.15) is 31.9 Å². The lowest BCUT2D eigenvalue weighted by atomic mass is 9.87. The third-order valence-electron chi connectivity index (χ3n) is 4.01. The van der Waals surface area contributed by atoms with Crippen molar-refractivity contribution in [3.05, 3.63) is 59.4 Å². The number of rotatable bonds is 7. The molecular weight excluding hydrogens is 421 g/mol. The average molecular weight is 443 g/mol. The lowest BCUT2D eigenvalue weighted by molar-refractivity contribution is -0.193. The summed E-state index contributed by atoms with van der Waals surface area (Å²) >= 11 is 0. The molecule has 0 aromatic heterocycles. The number of carbonyl (C=O) groups is 1. The SMILES string of the molecule is CO[S-](=O)=Nc1ccc(CNC(=O)C(F)(F)Oc2ccc(C(C)(C)C)cc2)cc1F. The van der Waals surface area contributed by atoms with Crippen LogP contribution < -0.4 is 10.1 Å². The Morgan fingerprint density at radius 1 is 1.13 bits per heavy atom. The quantitative estimate of drug-likeness (QED) is 0.627. The van der Waals surface area contributed by atoms with Crippen molar-refractivity contribution in [1.82, 2.24) is 5.32 Å². The molecule has 164 valence electrons. The molecule has 2 aromatic rings. The van der Waals surface area contributed by atoms with Crippen LogP contribution in [0.3, 0.4) is 0 Å². The first-order chi connectivity index (χ1) is 13.9. The van der Waals surface area contributed by atoms with Gasteiger partial charge in [0.2, 0.25) is 0 Å². The van der Waals surface area contributed by atoms with Crippen molar-refractivity contribution >= 4 is 22.5 Å². The fourth-order valence-electron chi connectivity index (χ4n) is 2.35. The normalized spacial score (nSPS) is 13.2. The monoisotopic (exact) mass is 443 g/mol. The molecule has 0 radical (unpaired) electrons. The Labute approximate surface area is 174 Å². The largest absolute Gasteiger partial charge is 0.482 e. The maximum Gasteiger partial charge on any atom is 0.482 e. The van der Waals surface area contributed by atoms with Gasteiger partial charge in [-0.3, -0.25) is 4.79 Å². The first-order valence-corrected chi connectivity index (χ1v) is 9.88. The molecule has 0 aliphatic rings. The van der Waals surface area contributed by atoms with Gasteiger partial charge in [0.1, 0.15) is 11.6 Å². The maximum atomic E-state index is 14.1. The van der Waals surface area contributed by atoms with Crippen LogP contribution in [-0.2, 0) is 36.0 Å². The summed E-state index contributed by atoms with van der Waals surface area (Å²) in [6.45, 7) is 5.56. The Morgan fingerprint density at radius 3 is 2.30 bits per heavy atom. The van der Waals surface area contributed by atoms with Gasteiger partial charge in [0.15, 0.2) is 0 Å². The van der Waals surface area contributed by atoms with Crippen molar-refractivity contribution < 1.29 is 31.1 Å². The van der Waals surface area contributed by atoms with E-state index < -0.39 is 28.7 Å². The first kappa shape index (κ1) is 23.7. The van der Waals surface area contributed by atoms with Crippen LogP contribution >= 0.6 is 0 Å². The van der Waals surface area contributed by atoms with Crippen molar-refractivity contribution in [2.24, 2.45) is 4.36 Å². The van der Waals surface area contributed by atoms with Gasteiger partial charge in [-0.05, 0) is 40.8 Å². The zero-order valence-corrected chi connectivity index (χ0v) is 17.7. The van der Waals surface area contributed by atoms with Gasteiger partial charge in [-0.2, -0.15) is 8.78 Å². The average Bonchev–Trinajstić information content (AvgIpc) is 2.67. The smallest absolute Gasteiger partial charge is 0.441 e. The lowest BCUT2D eigenvalue weighted by Crippen LogP contribution is -2.44. The molecule has 0 atom stereocenters. The first-order valence-electron chi connectivity index (χ1n) is 8.84. The minimum atomic E-state index is -4.12. The zero-order valence-electron chi connectivity index (χ0n) is 16.9. The second-order valence-corrected chi connectivity index (χ2v) is 8.29. The van der Waals surface area contributed by atoms with Gasteiger partial charge in [-0.25, -0.2) is 4.39 Å². The van der Waals surface area contributed by atoms with Crippen molar-refractivity contribution in [1.29, 1.82) is 0 Å². The Bertz CT molecular complexity index is 983. The summed E-state index contributed by atoms with van der Waals surface area (Å²) in [5.74, 6) is -2.67.